The molecule has 3 N–H and O–H groups in total. The van der Waals surface area contributed by atoms with Crippen LogP contribution in [0, 0.1) is 0 Å². The van der Waals surface area contributed by atoms with Crippen molar-refractivity contribution < 1.29 is 4.79 Å². The number of hydrogen-bond donors (Lipinski definition) is 3. The maximum absolute atomic E-state index is 11.4. The fourth-order valence-electron chi connectivity index (χ4n) is 1.16. The molecule has 1 amide bonds. The maximum Gasteiger partial charge on any atom is 0.267 e. The molecular weight excluding hydrogens is 178 g/mol. The first kappa shape index (κ1) is 10.8. The van der Waals surface area contributed by atoms with Crippen LogP contribution in [0.5, 0.6) is 0 Å². The Hall–Kier alpha value is -1.29. The molecule has 1 aromatic rings. The first-order chi connectivity index (χ1) is 6.84. The fraction of sp³-hybridized carbons (Fsp3) is 0.500. The van der Waals surface area contributed by atoms with Gasteiger partial charge in [-0.05, 0) is 31.6 Å². The smallest absolute Gasteiger partial charge is 0.267 e. The van der Waals surface area contributed by atoms with Crippen LogP contribution in [-0.4, -0.2) is 30.5 Å². The third-order valence-electron chi connectivity index (χ3n) is 1.91. The largest absolute Gasteiger partial charge is 0.357 e. The van der Waals surface area contributed by atoms with Gasteiger partial charge in [-0.15, -0.1) is 0 Å². The van der Waals surface area contributed by atoms with E-state index in [0.717, 1.165) is 19.5 Å². The molecule has 0 bridgehead atoms. The topological polar surface area (TPSA) is 56.9 Å². The number of carbonyl (C=O) groups excluding carboxylic acids is 1. The number of hydrogen-bond acceptors (Lipinski definition) is 2. The summed E-state index contributed by atoms with van der Waals surface area (Å²) in [4.78, 5) is 14.2. The van der Waals surface area contributed by atoms with Crippen molar-refractivity contribution in [1.29, 1.82) is 0 Å². The van der Waals surface area contributed by atoms with Gasteiger partial charge in [-0.1, -0.05) is 6.92 Å². The molecular formula is C10H17N3O. The van der Waals surface area contributed by atoms with Crippen LogP contribution in [0.1, 0.15) is 23.8 Å². The molecule has 0 fully saturated rings. The zero-order chi connectivity index (χ0) is 10.2. The number of rotatable bonds is 6. The molecule has 0 aromatic carbocycles. The average Bonchev–Trinajstić information content (AvgIpc) is 2.70. The minimum Gasteiger partial charge on any atom is -0.357 e. The lowest BCUT2D eigenvalue weighted by Crippen LogP contribution is -2.27. The summed E-state index contributed by atoms with van der Waals surface area (Å²) in [5, 5.41) is 6.03. The molecule has 14 heavy (non-hydrogen) atoms. The van der Waals surface area contributed by atoms with E-state index in [2.05, 4.69) is 22.5 Å². The Morgan fingerprint density at radius 1 is 1.50 bits per heavy atom. The van der Waals surface area contributed by atoms with Crippen molar-refractivity contribution in [2.45, 2.75) is 13.3 Å². The summed E-state index contributed by atoms with van der Waals surface area (Å²) in [6, 6.07) is 3.58. The predicted molar refractivity (Wildman–Crippen MR) is 56.3 cm³/mol. The number of H-pyrrole nitrogens is 1. The number of nitrogens with one attached hydrogen (secondary N) is 3. The van der Waals surface area contributed by atoms with E-state index in [-0.39, 0.29) is 5.91 Å². The van der Waals surface area contributed by atoms with Crippen molar-refractivity contribution in [1.82, 2.24) is 15.6 Å². The minimum absolute atomic E-state index is 0.0356. The molecule has 0 aliphatic heterocycles. The Balaban J connectivity index is 2.10. The molecule has 0 unspecified atom stereocenters. The van der Waals surface area contributed by atoms with Crippen molar-refractivity contribution in [3.8, 4) is 0 Å². The molecule has 1 heterocycles. The maximum atomic E-state index is 11.4. The Morgan fingerprint density at radius 3 is 3.00 bits per heavy atom. The average molecular weight is 195 g/mol. The van der Waals surface area contributed by atoms with E-state index in [1.807, 2.05) is 6.07 Å². The summed E-state index contributed by atoms with van der Waals surface area (Å²) in [7, 11) is 0. The summed E-state index contributed by atoms with van der Waals surface area (Å²) in [6.45, 7) is 4.70. The number of aromatic nitrogens is 1. The predicted octanol–water partition coefficient (Wildman–Crippen LogP) is 0.744. The minimum atomic E-state index is -0.0356. The summed E-state index contributed by atoms with van der Waals surface area (Å²) >= 11 is 0. The summed E-state index contributed by atoms with van der Waals surface area (Å²) in [5.41, 5.74) is 0.619. The fourth-order valence-corrected chi connectivity index (χ4v) is 1.16. The highest BCUT2D eigenvalue weighted by Crippen LogP contribution is 1.93. The van der Waals surface area contributed by atoms with Gasteiger partial charge in [-0.25, -0.2) is 0 Å². The molecule has 0 atom stereocenters. The quantitative estimate of drug-likeness (QED) is 0.586. The summed E-state index contributed by atoms with van der Waals surface area (Å²) in [5.74, 6) is -0.0356. The van der Waals surface area contributed by atoms with Crippen LogP contribution < -0.4 is 10.6 Å². The Bertz CT molecular complexity index is 256. The van der Waals surface area contributed by atoms with Gasteiger partial charge in [-0.3, -0.25) is 4.79 Å². The monoisotopic (exact) mass is 195 g/mol. The van der Waals surface area contributed by atoms with Gasteiger partial charge in [0.15, 0.2) is 0 Å². The van der Waals surface area contributed by atoms with Crippen molar-refractivity contribution >= 4 is 5.91 Å². The second-order valence-electron chi connectivity index (χ2n) is 3.05. The van der Waals surface area contributed by atoms with E-state index >= 15 is 0 Å². The first-order valence-electron chi connectivity index (χ1n) is 4.97. The second kappa shape index (κ2) is 6.21. The number of carbonyl (C=O) groups is 1. The lowest BCUT2D eigenvalue weighted by Gasteiger charge is -2.03. The van der Waals surface area contributed by atoms with Crippen molar-refractivity contribution in [3.63, 3.8) is 0 Å². The van der Waals surface area contributed by atoms with Gasteiger partial charge < -0.3 is 15.6 Å². The molecule has 1 aromatic heterocycles. The summed E-state index contributed by atoms with van der Waals surface area (Å²) < 4.78 is 0. The zero-order valence-electron chi connectivity index (χ0n) is 8.47. The molecule has 0 saturated heterocycles. The Labute approximate surface area is 84.1 Å². The van der Waals surface area contributed by atoms with Crippen LogP contribution in [0.25, 0.3) is 0 Å². The number of amides is 1. The van der Waals surface area contributed by atoms with Crippen molar-refractivity contribution in [2.75, 3.05) is 19.6 Å². The van der Waals surface area contributed by atoms with Gasteiger partial charge >= 0.3 is 0 Å². The highest BCUT2D eigenvalue weighted by molar-refractivity contribution is 5.92. The molecule has 1 rings (SSSR count). The molecule has 0 aliphatic carbocycles. The third kappa shape index (κ3) is 3.62. The molecule has 4 heteroatoms. The van der Waals surface area contributed by atoms with E-state index in [9.17, 15) is 4.79 Å². The van der Waals surface area contributed by atoms with Gasteiger partial charge in [-0.2, -0.15) is 0 Å². The second-order valence-corrected chi connectivity index (χ2v) is 3.05. The van der Waals surface area contributed by atoms with Gasteiger partial charge in [0.05, 0.1) is 0 Å². The lowest BCUT2D eigenvalue weighted by atomic mass is 10.3. The van der Waals surface area contributed by atoms with Crippen LogP contribution >= 0.6 is 0 Å². The van der Waals surface area contributed by atoms with E-state index in [1.54, 1.807) is 12.3 Å². The first-order valence-corrected chi connectivity index (χ1v) is 4.97. The molecule has 0 saturated carbocycles. The van der Waals surface area contributed by atoms with E-state index in [0.29, 0.717) is 12.2 Å². The van der Waals surface area contributed by atoms with Crippen molar-refractivity contribution in [2.24, 2.45) is 0 Å². The Morgan fingerprint density at radius 2 is 2.36 bits per heavy atom. The van der Waals surface area contributed by atoms with Crippen LogP contribution in [0.2, 0.25) is 0 Å². The SMILES string of the molecule is CCNCCCNC(=O)c1ccc[nH]1. The van der Waals surface area contributed by atoms with E-state index in [4.69, 9.17) is 0 Å². The van der Waals surface area contributed by atoms with Crippen LogP contribution in [-0.2, 0) is 0 Å². The molecule has 0 aliphatic rings. The zero-order valence-corrected chi connectivity index (χ0v) is 8.47. The Kier molecular flexibility index (Phi) is 4.78. The highest BCUT2D eigenvalue weighted by atomic mass is 16.1. The molecule has 78 valence electrons. The van der Waals surface area contributed by atoms with E-state index in [1.165, 1.54) is 0 Å². The number of aromatic amines is 1. The van der Waals surface area contributed by atoms with Gasteiger partial charge in [0, 0.05) is 12.7 Å². The van der Waals surface area contributed by atoms with Crippen LogP contribution in [0.3, 0.4) is 0 Å². The normalized spacial score (nSPS) is 10.1. The summed E-state index contributed by atoms with van der Waals surface area (Å²) in [6.07, 6.45) is 2.70. The van der Waals surface area contributed by atoms with Gasteiger partial charge in [0.2, 0.25) is 0 Å². The van der Waals surface area contributed by atoms with Crippen molar-refractivity contribution in [3.05, 3.63) is 24.0 Å². The molecule has 0 spiro atoms. The lowest BCUT2D eigenvalue weighted by molar-refractivity contribution is 0.0949. The van der Waals surface area contributed by atoms with Crippen LogP contribution in [0.4, 0.5) is 0 Å². The van der Waals surface area contributed by atoms with E-state index < -0.39 is 0 Å². The third-order valence-corrected chi connectivity index (χ3v) is 1.91. The standard InChI is InChI=1S/C10H17N3O/c1-2-11-6-4-8-13-10(14)9-5-3-7-12-9/h3,5,7,11-12H,2,4,6,8H2,1H3,(H,13,14). The molecule has 0 radical (unpaired) electrons. The van der Waals surface area contributed by atoms with Gasteiger partial charge in [0.25, 0.3) is 5.91 Å². The molecule has 4 nitrogen and oxygen atoms in total. The van der Waals surface area contributed by atoms with Gasteiger partial charge in [0.1, 0.15) is 5.69 Å². The van der Waals surface area contributed by atoms with Crippen LogP contribution in [0.15, 0.2) is 18.3 Å². The highest BCUT2D eigenvalue weighted by Gasteiger charge is 2.03.